The van der Waals surface area contributed by atoms with Crippen LogP contribution in [0.15, 0.2) is 0 Å². The predicted molar refractivity (Wildman–Crippen MR) is 70.9 cm³/mol. The van der Waals surface area contributed by atoms with E-state index < -0.39 is 0 Å². The molecule has 0 spiro atoms. The monoisotopic (exact) mass is 247 g/mol. The maximum Gasteiger partial charge on any atom is 0.220 e. The third-order valence-electron chi connectivity index (χ3n) is 2.72. The van der Waals surface area contributed by atoms with E-state index >= 15 is 0 Å². The number of hydrogen-bond acceptors (Lipinski definition) is 1. The molecule has 0 aromatic carbocycles. The number of carbonyl (C=O) groups is 1. The summed E-state index contributed by atoms with van der Waals surface area (Å²) in [5, 5.41) is 2.94. The molecule has 0 radical (unpaired) electrons. The minimum atomic E-state index is 0.0773. The molecule has 1 amide bonds. The first kappa shape index (κ1) is 15.8. The van der Waals surface area contributed by atoms with Crippen LogP contribution in [0.2, 0.25) is 0 Å². The Labute approximate surface area is 105 Å². The Bertz CT molecular complexity index is 173. The van der Waals surface area contributed by atoms with Crippen molar-refractivity contribution in [2.45, 2.75) is 70.6 Å². The lowest BCUT2D eigenvalue weighted by atomic mass is 10.1. The second-order valence-electron chi connectivity index (χ2n) is 4.33. The van der Waals surface area contributed by atoms with Crippen LogP contribution in [-0.2, 0) is 4.79 Å². The van der Waals surface area contributed by atoms with Crippen molar-refractivity contribution in [3.05, 3.63) is 0 Å². The molecule has 0 aliphatic rings. The highest BCUT2D eigenvalue weighted by Gasteiger charge is 2.04. The molecule has 0 aliphatic heterocycles. The normalized spacial score (nSPS) is 12.4. The lowest BCUT2D eigenvalue weighted by molar-refractivity contribution is -0.121. The summed E-state index contributed by atoms with van der Waals surface area (Å²) in [5.74, 6) is 0.148. The molecule has 3 heteroatoms. The minimum absolute atomic E-state index is 0.0773. The Morgan fingerprint density at radius 3 is 2.38 bits per heavy atom. The summed E-state index contributed by atoms with van der Waals surface area (Å²) in [4.78, 5) is 11.4. The largest absolute Gasteiger partial charge is 0.355 e. The summed E-state index contributed by atoms with van der Waals surface area (Å²) < 4.78 is 0. The van der Waals surface area contributed by atoms with Crippen molar-refractivity contribution in [3.8, 4) is 0 Å². The van der Waals surface area contributed by atoms with E-state index in [2.05, 4.69) is 12.2 Å². The number of hydrogen-bond donors (Lipinski definition) is 1. The van der Waals surface area contributed by atoms with Crippen LogP contribution >= 0.6 is 11.6 Å². The molecule has 0 bridgehead atoms. The van der Waals surface area contributed by atoms with Crippen molar-refractivity contribution in [1.29, 1.82) is 0 Å². The average molecular weight is 248 g/mol. The Morgan fingerprint density at radius 1 is 1.12 bits per heavy atom. The molecule has 96 valence electrons. The summed E-state index contributed by atoms with van der Waals surface area (Å²) in [6, 6.07) is 0. The van der Waals surface area contributed by atoms with Gasteiger partial charge in [-0.2, -0.15) is 0 Å². The topological polar surface area (TPSA) is 29.1 Å². The number of carbonyl (C=O) groups excluding carboxylic acids is 1. The van der Waals surface area contributed by atoms with Crippen LogP contribution in [0.5, 0.6) is 0 Å². The average Bonchev–Trinajstić information content (AvgIpc) is 2.30. The molecule has 2 nitrogen and oxygen atoms in total. The Balaban J connectivity index is 3.24. The van der Waals surface area contributed by atoms with Crippen LogP contribution in [0.1, 0.15) is 65.2 Å². The summed E-state index contributed by atoms with van der Waals surface area (Å²) in [6.45, 7) is 4.84. The molecule has 16 heavy (non-hydrogen) atoms. The van der Waals surface area contributed by atoms with E-state index in [0.717, 1.165) is 12.8 Å². The van der Waals surface area contributed by atoms with E-state index in [9.17, 15) is 4.79 Å². The van der Waals surface area contributed by atoms with Crippen LogP contribution in [0.3, 0.4) is 0 Å². The number of rotatable bonds is 10. The van der Waals surface area contributed by atoms with Gasteiger partial charge in [-0.25, -0.2) is 0 Å². The quantitative estimate of drug-likeness (QED) is 0.461. The van der Waals surface area contributed by atoms with Crippen molar-refractivity contribution in [3.63, 3.8) is 0 Å². The zero-order valence-electron chi connectivity index (χ0n) is 10.7. The smallest absolute Gasteiger partial charge is 0.220 e. The van der Waals surface area contributed by atoms with Crippen LogP contribution in [-0.4, -0.2) is 17.8 Å². The molecule has 0 saturated heterocycles. The van der Waals surface area contributed by atoms with Crippen molar-refractivity contribution >= 4 is 17.5 Å². The van der Waals surface area contributed by atoms with Gasteiger partial charge in [0.2, 0.25) is 5.91 Å². The highest BCUT2D eigenvalue weighted by atomic mass is 35.5. The number of amides is 1. The van der Waals surface area contributed by atoms with Gasteiger partial charge in [0.25, 0.3) is 0 Å². The molecular weight excluding hydrogens is 222 g/mol. The lowest BCUT2D eigenvalue weighted by Crippen LogP contribution is -2.29. The Hall–Kier alpha value is -0.240. The van der Waals surface area contributed by atoms with E-state index in [1.165, 1.54) is 32.1 Å². The number of alkyl halides is 1. The van der Waals surface area contributed by atoms with E-state index in [-0.39, 0.29) is 11.3 Å². The Morgan fingerprint density at radius 2 is 1.75 bits per heavy atom. The summed E-state index contributed by atoms with van der Waals surface area (Å²) in [7, 11) is 0. The van der Waals surface area contributed by atoms with Gasteiger partial charge in [0, 0.05) is 13.0 Å². The zero-order valence-corrected chi connectivity index (χ0v) is 11.5. The maximum atomic E-state index is 11.4. The van der Waals surface area contributed by atoms with Gasteiger partial charge in [-0.15, -0.1) is 11.6 Å². The van der Waals surface area contributed by atoms with Crippen LogP contribution in [0, 0.1) is 0 Å². The van der Waals surface area contributed by atoms with E-state index in [4.69, 9.17) is 11.6 Å². The van der Waals surface area contributed by atoms with Gasteiger partial charge in [-0.1, -0.05) is 46.0 Å². The van der Waals surface area contributed by atoms with Gasteiger partial charge >= 0.3 is 0 Å². The molecular formula is C13H26ClNO. The third kappa shape index (κ3) is 10.3. The second kappa shape index (κ2) is 11.3. The first-order chi connectivity index (χ1) is 7.70. The van der Waals surface area contributed by atoms with Gasteiger partial charge in [-0.05, 0) is 12.8 Å². The standard InChI is InChI=1S/C13H26ClNO/c1-3-5-6-7-8-9-10-13(16)15-11-12(14)4-2/h12H,3-11H2,1-2H3,(H,15,16). The van der Waals surface area contributed by atoms with Crippen LogP contribution in [0.25, 0.3) is 0 Å². The van der Waals surface area contributed by atoms with Crippen LogP contribution in [0.4, 0.5) is 0 Å². The summed E-state index contributed by atoms with van der Waals surface area (Å²) in [5.41, 5.74) is 0. The molecule has 0 rings (SSSR count). The zero-order chi connectivity index (χ0) is 12.2. The molecule has 1 atom stereocenters. The molecule has 0 fully saturated rings. The van der Waals surface area contributed by atoms with Gasteiger partial charge in [0.1, 0.15) is 0 Å². The van der Waals surface area contributed by atoms with E-state index in [0.29, 0.717) is 13.0 Å². The van der Waals surface area contributed by atoms with Crippen molar-refractivity contribution < 1.29 is 4.79 Å². The van der Waals surface area contributed by atoms with Gasteiger partial charge < -0.3 is 5.32 Å². The summed E-state index contributed by atoms with van der Waals surface area (Å²) in [6.07, 6.45) is 8.88. The molecule has 0 aromatic rings. The highest BCUT2D eigenvalue weighted by Crippen LogP contribution is 2.06. The van der Waals surface area contributed by atoms with Crippen molar-refractivity contribution in [2.24, 2.45) is 0 Å². The lowest BCUT2D eigenvalue weighted by Gasteiger charge is -2.08. The summed E-state index contributed by atoms with van der Waals surface area (Å²) >= 11 is 5.91. The SMILES string of the molecule is CCCCCCCCC(=O)NCC(Cl)CC. The molecule has 1 unspecified atom stereocenters. The van der Waals surface area contributed by atoms with Crippen molar-refractivity contribution in [2.75, 3.05) is 6.54 Å². The fourth-order valence-corrected chi connectivity index (χ4v) is 1.60. The fraction of sp³-hybridized carbons (Fsp3) is 0.923. The van der Waals surface area contributed by atoms with E-state index in [1.54, 1.807) is 0 Å². The molecule has 1 N–H and O–H groups in total. The highest BCUT2D eigenvalue weighted by molar-refractivity contribution is 6.20. The van der Waals surface area contributed by atoms with E-state index in [1.807, 2.05) is 6.92 Å². The Kier molecular flexibility index (Phi) is 11.1. The molecule has 0 aliphatic carbocycles. The number of unbranched alkanes of at least 4 members (excludes halogenated alkanes) is 5. The number of halogens is 1. The third-order valence-corrected chi connectivity index (χ3v) is 3.18. The first-order valence-electron chi connectivity index (χ1n) is 6.61. The van der Waals surface area contributed by atoms with Gasteiger partial charge in [0.05, 0.1) is 5.38 Å². The fourth-order valence-electron chi connectivity index (χ4n) is 1.52. The van der Waals surface area contributed by atoms with Crippen molar-refractivity contribution in [1.82, 2.24) is 5.32 Å². The molecule has 0 saturated carbocycles. The van der Waals surface area contributed by atoms with Crippen LogP contribution < -0.4 is 5.32 Å². The predicted octanol–water partition coefficient (Wildman–Crippen LogP) is 3.87. The first-order valence-corrected chi connectivity index (χ1v) is 7.05. The second-order valence-corrected chi connectivity index (χ2v) is 4.94. The van der Waals surface area contributed by atoms with Gasteiger partial charge in [0.15, 0.2) is 0 Å². The molecule has 0 heterocycles. The van der Waals surface area contributed by atoms with Gasteiger partial charge in [-0.3, -0.25) is 4.79 Å². The maximum absolute atomic E-state index is 11.4. The number of nitrogens with one attached hydrogen (secondary N) is 1. The minimum Gasteiger partial charge on any atom is -0.355 e. The molecule has 0 aromatic heterocycles.